The molecule has 0 aliphatic heterocycles. The summed E-state index contributed by atoms with van der Waals surface area (Å²) in [6.07, 6.45) is 5.86. The molecule has 0 saturated heterocycles. The van der Waals surface area contributed by atoms with Gasteiger partial charge in [0.1, 0.15) is 23.0 Å². The van der Waals surface area contributed by atoms with Crippen LogP contribution in [0.25, 0.3) is 11.1 Å². The van der Waals surface area contributed by atoms with Gasteiger partial charge in [0.2, 0.25) is 0 Å². The highest BCUT2D eigenvalue weighted by atomic mass is 16.5. The predicted octanol–water partition coefficient (Wildman–Crippen LogP) is 5.50. The zero-order valence-electron chi connectivity index (χ0n) is 18.0. The number of fused-ring (bicyclic) bond motifs is 5. The standard InChI is InChI=1S/C26H30O4/c1-26-11-10-19-18-6-8-23(27)25(15-12-16(29-2)14-17(13-15)30-3)21(18)5-4-20(19)22(26)7-9-24(26)28/h6,8,12-14,19-20,22,27H,4-5,7,9-11H2,1-3H3/t19-,20-,22+,26+/m1/s1. The first-order valence-corrected chi connectivity index (χ1v) is 11.1. The summed E-state index contributed by atoms with van der Waals surface area (Å²) in [5.74, 6) is 3.77. The van der Waals surface area contributed by atoms with Gasteiger partial charge in [-0.2, -0.15) is 0 Å². The number of ketones is 1. The van der Waals surface area contributed by atoms with Crippen LogP contribution in [-0.2, 0) is 11.2 Å². The highest BCUT2D eigenvalue weighted by Crippen LogP contribution is 2.60. The van der Waals surface area contributed by atoms with Crippen molar-refractivity contribution in [2.45, 2.75) is 51.4 Å². The Morgan fingerprint density at radius 1 is 1.00 bits per heavy atom. The molecule has 0 amide bonds. The van der Waals surface area contributed by atoms with Crippen LogP contribution in [0.2, 0.25) is 0 Å². The molecule has 0 bridgehead atoms. The van der Waals surface area contributed by atoms with E-state index in [1.54, 1.807) is 14.2 Å². The number of phenols is 1. The molecule has 2 fully saturated rings. The van der Waals surface area contributed by atoms with Gasteiger partial charge in [-0.15, -0.1) is 0 Å². The number of ether oxygens (including phenoxy) is 2. The van der Waals surface area contributed by atoms with Crippen LogP contribution in [-0.4, -0.2) is 25.1 Å². The van der Waals surface area contributed by atoms with Crippen LogP contribution in [0, 0.1) is 17.3 Å². The van der Waals surface area contributed by atoms with Crippen molar-refractivity contribution in [1.82, 2.24) is 0 Å². The lowest BCUT2D eigenvalue weighted by molar-refractivity contribution is -0.129. The zero-order chi connectivity index (χ0) is 21.0. The lowest BCUT2D eigenvalue weighted by Crippen LogP contribution is -2.42. The Bertz CT molecular complexity index is 988. The molecule has 4 atom stereocenters. The van der Waals surface area contributed by atoms with Gasteiger partial charge in [-0.05, 0) is 84.7 Å². The normalized spacial score (nSPS) is 29.7. The fourth-order valence-corrected chi connectivity index (χ4v) is 6.70. The number of benzene rings is 2. The van der Waals surface area contributed by atoms with Crippen molar-refractivity contribution in [3.63, 3.8) is 0 Å². The number of aromatic hydroxyl groups is 1. The molecular formula is C26H30O4. The van der Waals surface area contributed by atoms with Crippen LogP contribution in [0.1, 0.15) is 56.1 Å². The molecule has 0 spiro atoms. The molecule has 2 aromatic carbocycles. The van der Waals surface area contributed by atoms with Crippen LogP contribution < -0.4 is 9.47 Å². The molecule has 2 aromatic rings. The third-order valence-corrected chi connectivity index (χ3v) is 8.24. The van der Waals surface area contributed by atoms with Crippen molar-refractivity contribution in [3.8, 4) is 28.4 Å². The first-order chi connectivity index (χ1) is 14.5. The summed E-state index contributed by atoms with van der Waals surface area (Å²) in [6.45, 7) is 2.21. The van der Waals surface area contributed by atoms with Crippen LogP contribution in [0.3, 0.4) is 0 Å². The number of phenolic OH excluding ortho intramolecular Hbond substituents is 1. The van der Waals surface area contributed by atoms with Gasteiger partial charge in [0, 0.05) is 23.5 Å². The van der Waals surface area contributed by atoms with E-state index in [9.17, 15) is 9.90 Å². The number of carbonyl (C=O) groups is 1. The first kappa shape index (κ1) is 19.5. The van der Waals surface area contributed by atoms with E-state index >= 15 is 0 Å². The maximum atomic E-state index is 12.6. The summed E-state index contributed by atoms with van der Waals surface area (Å²) in [5.41, 5.74) is 4.33. The maximum Gasteiger partial charge on any atom is 0.139 e. The second-order valence-electron chi connectivity index (χ2n) is 9.46. The number of hydrogen-bond acceptors (Lipinski definition) is 4. The van der Waals surface area contributed by atoms with Crippen molar-refractivity contribution in [2.24, 2.45) is 17.3 Å². The summed E-state index contributed by atoms with van der Waals surface area (Å²) in [7, 11) is 3.29. The fraction of sp³-hybridized carbons (Fsp3) is 0.500. The summed E-state index contributed by atoms with van der Waals surface area (Å²) >= 11 is 0. The minimum Gasteiger partial charge on any atom is -0.507 e. The second kappa shape index (κ2) is 7.04. The summed E-state index contributed by atoms with van der Waals surface area (Å²) in [4.78, 5) is 12.6. The van der Waals surface area contributed by atoms with E-state index in [2.05, 4.69) is 13.0 Å². The molecule has 4 heteroatoms. The largest absolute Gasteiger partial charge is 0.507 e. The van der Waals surface area contributed by atoms with Crippen molar-refractivity contribution < 1.29 is 19.4 Å². The van der Waals surface area contributed by atoms with Gasteiger partial charge in [0.15, 0.2) is 0 Å². The molecule has 1 N–H and O–H groups in total. The van der Waals surface area contributed by atoms with Crippen LogP contribution >= 0.6 is 0 Å². The van der Waals surface area contributed by atoms with E-state index in [0.717, 1.165) is 49.7 Å². The molecule has 3 aliphatic carbocycles. The smallest absolute Gasteiger partial charge is 0.139 e. The van der Waals surface area contributed by atoms with Crippen molar-refractivity contribution in [3.05, 3.63) is 41.5 Å². The summed E-state index contributed by atoms with van der Waals surface area (Å²) in [6, 6.07) is 9.76. The topological polar surface area (TPSA) is 55.8 Å². The van der Waals surface area contributed by atoms with E-state index in [4.69, 9.17) is 9.47 Å². The molecule has 0 heterocycles. The van der Waals surface area contributed by atoms with Crippen LogP contribution in [0.4, 0.5) is 0 Å². The SMILES string of the molecule is COc1cc(OC)cc(-c2c(O)ccc3c2CC[C@@H]2[C@@H]3CC[C@]3(C)C(=O)CC[C@@H]23)c1. The minimum absolute atomic E-state index is 0.113. The maximum absolute atomic E-state index is 12.6. The van der Waals surface area contributed by atoms with Crippen LogP contribution in [0.5, 0.6) is 17.2 Å². The number of Topliss-reactive ketones (excluding diaryl/α,β-unsaturated/α-hetero) is 1. The van der Waals surface area contributed by atoms with E-state index in [-0.39, 0.29) is 5.41 Å². The highest BCUT2D eigenvalue weighted by Gasteiger charge is 2.54. The fourth-order valence-electron chi connectivity index (χ4n) is 6.70. The van der Waals surface area contributed by atoms with E-state index in [1.807, 2.05) is 24.3 Å². The van der Waals surface area contributed by atoms with Gasteiger partial charge in [0.25, 0.3) is 0 Å². The lowest BCUT2D eigenvalue weighted by Gasteiger charge is -2.48. The van der Waals surface area contributed by atoms with E-state index in [1.165, 1.54) is 11.1 Å². The van der Waals surface area contributed by atoms with E-state index < -0.39 is 0 Å². The van der Waals surface area contributed by atoms with Crippen LogP contribution in [0.15, 0.2) is 30.3 Å². The number of rotatable bonds is 3. The number of hydrogen-bond donors (Lipinski definition) is 1. The molecule has 3 aliphatic rings. The quantitative estimate of drug-likeness (QED) is 0.731. The second-order valence-corrected chi connectivity index (χ2v) is 9.46. The first-order valence-electron chi connectivity index (χ1n) is 11.1. The van der Waals surface area contributed by atoms with Crippen molar-refractivity contribution >= 4 is 5.78 Å². The molecule has 0 radical (unpaired) electrons. The van der Waals surface area contributed by atoms with Gasteiger partial charge < -0.3 is 14.6 Å². The Balaban J connectivity index is 1.60. The van der Waals surface area contributed by atoms with Gasteiger partial charge in [-0.25, -0.2) is 0 Å². The Hall–Kier alpha value is -2.49. The van der Waals surface area contributed by atoms with Gasteiger partial charge in [-0.1, -0.05) is 13.0 Å². The predicted molar refractivity (Wildman–Crippen MR) is 116 cm³/mol. The van der Waals surface area contributed by atoms with Gasteiger partial charge in [-0.3, -0.25) is 4.79 Å². The van der Waals surface area contributed by atoms with Gasteiger partial charge >= 0.3 is 0 Å². The molecular weight excluding hydrogens is 376 g/mol. The Labute approximate surface area is 178 Å². The summed E-state index contributed by atoms with van der Waals surface area (Å²) in [5, 5.41) is 10.8. The molecule has 5 rings (SSSR count). The Kier molecular flexibility index (Phi) is 4.57. The molecule has 30 heavy (non-hydrogen) atoms. The summed E-state index contributed by atoms with van der Waals surface area (Å²) < 4.78 is 10.9. The molecule has 2 saturated carbocycles. The minimum atomic E-state index is -0.113. The average molecular weight is 407 g/mol. The number of methoxy groups -OCH3 is 2. The van der Waals surface area contributed by atoms with Crippen molar-refractivity contribution in [2.75, 3.05) is 14.2 Å². The monoisotopic (exact) mass is 406 g/mol. The Morgan fingerprint density at radius 2 is 1.73 bits per heavy atom. The van der Waals surface area contributed by atoms with Gasteiger partial charge in [0.05, 0.1) is 14.2 Å². The third-order valence-electron chi connectivity index (χ3n) is 8.24. The molecule has 158 valence electrons. The zero-order valence-corrected chi connectivity index (χ0v) is 18.0. The third kappa shape index (κ3) is 2.76. The van der Waals surface area contributed by atoms with Crippen molar-refractivity contribution in [1.29, 1.82) is 0 Å². The lowest BCUT2D eigenvalue weighted by atomic mass is 9.55. The van der Waals surface area contributed by atoms with E-state index in [0.29, 0.717) is 40.8 Å². The highest BCUT2D eigenvalue weighted by molar-refractivity contribution is 5.87. The molecule has 4 nitrogen and oxygen atoms in total. The molecule has 0 aromatic heterocycles. The Morgan fingerprint density at radius 3 is 2.43 bits per heavy atom. The molecule has 0 unspecified atom stereocenters. The number of carbonyl (C=O) groups excluding carboxylic acids is 1. The average Bonchev–Trinajstić information content (AvgIpc) is 3.07.